The van der Waals surface area contributed by atoms with E-state index in [-0.39, 0.29) is 5.91 Å². The van der Waals surface area contributed by atoms with Crippen LogP contribution < -0.4 is 5.32 Å². The molecule has 0 aliphatic heterocycles. The fraction of sp³-hybridized carbons (Fsp3) is 0.188. The summed E-state index contributed by atoms with van der Waals surface area (Å²) in [7, 11) is 1.94. The number of fused-ring (bicyclic) bond motifs is 1. The first-order valence-corrected chi connectivity index (χ1v) is 6.83. The molecule has 0 aliphatic carbocycles. The van der Waals surface area contributed by atoms with Crippen molar-refractivity contribution in [2.24, 2.45) is 7.05 Å². The lowest BCUT2D eigenvalue weighted by Crippen LogP contribution is -2.25. The molecule has 1 aromatic carbocycles. The summed E-state index contributed by atoms with van der Waals surface area (Å²) in [4.78, 5) is 20.5. The van der Waals surface area contributed by atoms with Crippen molar-refractivity contribution in [1.82, 2.24) is 19.9 Å². The number of nitrogens with one attached hydrogen (secondary N) is 1. The largest absolute Gasteiger partial charge is 0.352 e. The minimum atomic E-state index is -0.0595. The van der Waals surface area contributed by atoms with Gasteiger partial charge in [-0.05, 0) is 6.07 Å². The summed E-state index contributed by atoms with van der Waals surface area (Å²) in [6.07, 6.45) is 7.54. The topological polar surface area (TPSA) is 59.8 Å². The lowest BCUT2D eigenvalue weighted by molar-refractivity contribution is 0.0955. The monoisotopic (exact) mass is 280 g/mol. The molecular formula is C16H16N4O. The number of aromatic nitrogens is 3. The average molecular weight is 280 g/mol. The molecule has 0 radical (unpaired) electrons. The predicted molar refractivity (Wildman–Crippen MR) is 81.0 cm³/mol. The van der Waals surface area contributed by atoms with Gasteiger partial charge in [-0.3, -0.25) is 14.8 Å². The van der Waals surface area contributed by atoms with Crippen molar-refractivity contribution in [2.75, 3.05) is 6.54 Å². The van der Waals surface area contributed by atoms with E-state index in [2.05, 4.69) is 15.3 Å². The molecule has 0 unspecified atom stereocenters. The molecule has 0 spiro atoms. The number of benzene rings is 1. The Morgan fingerprint density at radius 3 is 2.95 bits per heavy atom. The van der Waals surface area contributed by atoms with Gasteiger partial charge in [-0.1, -0.05) is 18.2 Å². The Labute approximate surface area is 122 Å². The van der Waals surface area contributed by atoms with Crippen molar-refractivity contribution in [3.63, 3.8) is 0 Å². The Hall–Kier alpha value is -2.69. The fourth-order valence-corrected chi connectivity index (χ4v) is 2.38. The lowest BCUT2D eigenvalue weighted by Gasteiger charge is -2.03. The molecule has 0 atom stereocenters. The molecule has 21 heavy (non-hydrogen) atoms. The van der Waals surface area contributed by atoms with Crippen LogP contribution in [0.5, 0.6) is 0 Å². The minimum absolute atomic E-state index is 0.0595. The van der Waals surface area contributed by atoms with Crippen LogP contribution in [0.2, 0.25) is 0 Å². The van der Waals surface area contributed by atoms with Crippen LogP contribution in [-0.4, -0.2) is 27.0 Å². The Morgan fingerprint density at radius 1 is 1.29 bits per heavy atom. The molecule has 106 valence electrons. The third-order valence-electron chi connectivity index (χ3n) is 3.42. The van der Waals surface area contributed by atoms with Gasteiger partial charge in [0.25, 0.3) is 5.91 Å². The second kappa shape index (κ2) is 5.75. The highest BCUT2D eigenvalue weighted by atomic mass is 16.1. The van der Waals surface area contributed by atoms with Crippen LogP contribution in [-0.2, 0) is 13.5 Å². The van der Waals surface area contributed by atoms with Crippen molar-refractivity contribution < 1.29 is 4.79 Å². The van der Waals surface area contributed by atoms with E-state index in [1.807, 2.05) is 42.1 Å². The van der Waals surface area contributed by atoms with Crippen LogP contribution in [0, 0.1) is 0 Å². The molecule has 5 nitrogen and oxygen atoms in total. The molecule has 0 bridgehead atoms. The summed E-state index contributed by atoms with van der Waals surface area (Å²) in [5, 5.41) is 3.90. The molecular weight excluding hydrogens is 264 g/mol. The second-order valence-corrected chi connectivity index (χ2v) is 4.87. The summed E-state index contributed by atoms with van der Waals surface area (Å²) < 4.78 is 1.97. The van der Waals surface area contributed by atoms with E-state index in [1.165, 1.54) is 0 Å². The van der Waals surface area contributed by atoms with Gasteiger partial charge in [0.1, 0.15) is 0 Å². The quantitative estimate of drug-likeness (QED) is 0.794. The van der Waals surface area contributed by atoms with Gasteiger partial charge in [0, 0.05) is 55.7 Å². The van der Waals surface area contributed by atoms with E-state index in [1.54, 1.807) is 18.6 Å². The van der Waals surface area contributed by atoms with Gasteiger partial charge < -0.3 is 9.88 Å². The normalized spacial score (nSPS) is 10.7. The number of amides is 1. The standard InChI is InChI=1S/C16H16N4O/c1-20-11-14(13-4-2-3-5-15(13)20)16(21)19-7-6-12-10-17-8-9-18-12/h2-5,8-11H,6-7H2,1H3,(H,19,21). The molecule has 3 aromatic rings. The molecule has 0 fully saturated rings. The number of hydrogen-bond donors (Lipinski definition) is 1. The zero-order valence-corrected chi connectivity index (χ0v) is 11.8. The summed E-state index contributed by atoms with van der Waals surface area (Å²) in [6.45, 7) is 0.542. The van der Waals surface area contributed by atoms with Crippen molar-refractivity contribution in [2.45, 2.75) is 6.42 Å². The van der Waals surface area contributed by atoms with Crippen LogP contribution >= 0.6 is 0 Å². The Balaban J connectivity index is 1.70. The van der Waals surface area contributed by atoms with E-state index in [4.69, 9.17) is 0 Å². The summed E-state index contributed by atoms with van der Waals surface area (Å²) in [5.41, 5.74) is 2.62. The number of carbonyl (C=O) groups excluding carboxylic acids is 1. The van der Waals surface area contributed by atoms with Crippen LogP contribution in [0.1, 0.15) is 16.1 Å². The Morgan fingerprint density at radius 2 is 2.14 bits per heavy atom. The molecule has 1 N–H and O–H groups in total. The first-order valence-electron chi connectivity index (χ1n) is 6.83. The molecule has 0 saturated carbocycles. The number of rotatable bonds is 4. The molecule has 0 aliphatic rings. The number of aryl methyl sites for hydroxylation is 1. The molecule has 3 rings (SSSR count). The number of hydrogen-bond acceptors (Lipinski definition) is 3. The maximum Gasteiger partial charge on any atom is 0.253 e. The van der Waals surface area contributed by atoms with Crippen LogP contribution in [0.3, 0.4) is 0 Å². The van der Waals surface area contributed by atoms with Crippen LogP contribution in [0.4, 0.5) is 0 Å². The highest BCUT2D eigenvalue weighted by Gasteiger charge is 2.12. The molecule has 0 saturated heterocycles. The average Bonchev–Trinajstić information content (AvgIpc) is 2.86. The predicted octanol–water partition coefficient (Wildman–Crippen LogP) is 1.94. The second-order valence-electron chi connectivity index (χ2n) is 4.87. The molecule has 2 aromatic heterocycles. The fourth-order valence-electron chi connectivity index (χ4n) is 2.38. The highest BCUT2D eigenvalue weighted by molar-refractivity contribution is 6.06. The van der Waals surface area contributed by atoms with Crippen molar-refractivity contribution >= 4 is 16.8 Å². The lowest BCUT2D eigenvalue weighted by atomic mass is 10.1. The van der Waals surface area contributed by atoms with Crippen molar-refractivity contribution in [3.05, 3.63) is 60.3 Å². The third kappa shape index (κ3) is 2.76. The van der Waals surface area contributed by atoms with Crippen LogP contribution in [0.15, 0.2) is 49.1 Å². The van der Waals surface area contributed by atoms with Gasteiger partial charge in [-0.2, -0.15) is 0 Å². The van der Waals surface area contributed by atoms with Gasteiger partial charge in [0.2, 0.25) is 0 Å². The SMILES string of the molecule is Cn1cc(C(=O)NCCc2cnccn2)c2ccccc21. The van der Waals surface area contributed by atoms with Gasteiger partial charge in [0.05, 0.1) is 11.3 Å². The number of para-hydroxylation sites is 1. The van der Waals surface area contributed by atoms with E-state index < -0.39 is 0 Å². The Kier molecular flexibility index (Phi) is 3.64. The highest BCUT2D eigenvalue weighted by Crippen LogP contribution is 2.19. The van der Waals surface area contributed by atoms with E-state index in [0.717, 1.165) is 16.6 Å². The van der Waals surface area contributed by atoms with Gasteiger partial charge in [0.15, 0.2) is 0 Å². The molecule has 5 heteroatoms. The van der Waals surface area contributed by atoms with E-state index >= 15 is 0 Å². The zero-order chi connectivity index (χ0) is 14.7. The zero-order valence-electron chi connectivity index (χ0n) is 11.8. The van der Waals surface area contributed by atoms with Gasteiger partial charge >= 0.3 is 0 Å². The summed E-state index contributed by atoms with van der Waals surface area (Å²) in [5.74, 6) is -0.0595. The van der Waals surface area contributed by atoms with E-state index in [9.17, 15) is 4.79 Å². The minimum Gasteiger partial charge on any atom is -0.352 e. The first-order chi connectivity index (χ1) is 10.3. The van der Waals surface area contributed by atoms with Gasteiger partial charge in [-0.15, -0.1) is 0 Å². The van der Waals surface area contributed by atoms with Crippen molar-refractivity contribution in [1.29, 1.82) is 0 Å². The number of carbonyl (C=O) groups is 1. The smallest absolute Gasteiger partial charge is 0.253 e. The maximum atomic E-state index is 12.3. The number of nitrogens with zero attached hydrogens (tertiary/aromatic N) is 3. The first kappa shape index (κ1) is 13.3. The van der Waals surface area contributed by atoms with Crippen molar-refractivity contribution in [3.8, 4) is 0 Å². The summed E-state index contributed by atoms with van der Waals surface area (Å²) >= 11 is 0. The van der Waals surface area contributed by atoms with E-state index in [0.29, 0.717) is 18.5 Å². The third-order valence-corrected chi connectivity index (χ3v) is 3.42. The summed E-state index contributed by atoms with van der Waals surface area (Å²) in [6, 6.07) is 7.88. The van der Waals surface area contributed by atoms with Crippen LogP contribution in [0.25, 0.3) is 10.9 Å². The maximum absolute atomic E-state index is 12.3. The Bertz CT molecular complexity index is 764. The van der Waals surface area contributed by atoms with Gasteiger partial charge in [-0.25, -0.2) is 0 Å². The molecule has 2 heterocycles. The molecule has 1 amide bonds.